The van der Waals surface area contributed by atoms with Crippen molar-refractivity contribution in [1.29, 1.82) is 0 Å². The van der Waals surface area contributed by atoms with Crippen LogP contribution in [0.1, 0.15) is 6.42 Å². The second kappa shape index (κ2) is 7.94. The van der Waals surface area contributed by atoms with Crippen LogP contribution in [-0.4, -0.2) is 40.6 Å². The summed E-state index contributed by atoms with van der Waals surface area (Å²) < 4.78 is 37.6. The van der Waals surface area contributed by atoms with Crippen molar-refractivity contribution in [3.05, 3.63) is 40.9 Å². The van der Waals surface area contributed by atoms with E-state index in [1.54, 1.807) is 30.3 Å². The number of sulfonamides is 1. The molecule has 2 aromatic rings. The SMILES string of the molecule is COC(=O)CC(NS(=O)(=O)c1ccc(Br)c2ccccc12)C(=O)OC. The topological polar surface area (TPSA) is 98.8 Å². The number of methoxy groups -OCH3 is 2. The second-order valence-electron chi connectivity index (χ2n) is 5.07. The van der Waals surface area contributed by atoms with E-state index in [4.69, 9.17) is 0 Å². The maximum absolute atomic E-state index is 12.8. The number of hydrogen-bond donors (Lipinski definition) is 1. The van der Waals surface area contributed by atoms with Crippen LogP contribution in [0.4, 0.5) is 0 Å². The van der Waals surface area contributed by atoms with E-state index in [-0.39, 0.29) is 4.90 Å². The average molecular weight is 430 g/mol. The van der Waals surface area contributed by atoms with Gasteiger partial charge >= 0.3 is 11.9 Å². The van der Waals surface area contributed by atoms with Gasteiger partial charge in [0.1, 0.15) is 6.04 Å². The standard InChI is InChI=1S/C16H16BrNO6S/c1-23-15(19)9-13(16(20)24-2)18-25(21,22)14-8-7-12(17)10-5-3-4-6-11(10)14/h3-8,13,18H,9H2,1-2H3. The molecule has 0 heterocycles. The molecule has 2 rings (SSSR count). The van der Waals surface area contributed by atoms with Gasteiger partial charge in [-0.2, -0.15) is 4.72 Å². The zero-order valence-corrected chi connectivity index (χ0v) is 15.9. The highest BCUT2D eigenvalue weighted by molar-refractivity contribution is 9.10. The monoisotopic (exact) mass is 429 g/mol. The van der Waals surface area contributed by atoms with Crippen LogP contribution < -0.4 is 4.72 Å². The van der Waals surface area contributed by atoms with Gasteiger partial charge in [-0.15, -0.1) is 0 Å². The highest BCUT2D eigenvalue weighted by Crippen LogP contribution is 2.29. The molecule has 2 aromatic carbocycles. The predicted octanol–water partition coefficient (Wildman–Crippen LogP) is 1.99. The fourth-order valence-corrected chi connectivity index (χ4v) is 4.16. The molecule has 0 aliphatic heterocycles. The Labute approximate surface area is 153 Å². The normalized spacial score (nSPS) is 12.6. The smallest absolute Gasteiger partial charge is 0.324 e. The summed E-state index contributed by atoms with van der Waals surface area (Å²) >= 11 is 3.37. The minimum absolute atomic E-state index is 0.00920. The molecule has 0 spiro atoms. The van der Waals surface area contributed by atoms with E-state index in [9.17, 15) is 18.0 Å². The van der Waals surface area contributed by atoms with E-state index in [0.717, 1.165) is 18.7 Å². The first-order valence-electron chi connectivity index (χ1n) is 7.14. The molecule has 0 aliphatic carbocycles. The first kappa shape index (κ1) is 19.4. The Balaban J connectivity index is 2.45. The molecule has 0 radical (unpaired) electrons. The van der Waals surface area contributed by atoms with Gasteiger partial charge < -0.3 is 9.47 Å². The number of nitrogens with one attached hydrogen (secondary N) is 1. The Kier molecular flexibility index (Phi) is 6.15. The van der Waals surface area contributed by atoms with Gasteiger partial charge in [-0.05, 0) is 17.5 Å². The lowest BCUT2D eigenvalue weighted by Crippen LogP contribution is -2.43. The quantitative estimate of drug-likeness (QED) is 0.704. The van der Waals surface area contributed by atoms with Crippen molar-refractivity contribution in [2.75, 3.05) is 14.2 Å². The van der Waals surface area contributed by atoms with Crippen molar-refractivity contribution in [1.82, 2.24) is 4.72 Å². The van der Waals surface area contributed by atoms with E-state index in [1.807, 2.05) is 0 Å². The summed E-state index contributed by atoms with van der Waals surface area (Å²) in [6, 6.07) is 8.55. The highest BCUT2D eigenvalue weighted by atomic mass is 79.9. The van der Waals surface area contributed by atoms with Gasteiger partial charge in [-0.3, -0.25) is 9.59 Å². The van der Waals surface area contributed by atoms with Gasteiger partial charge in [0.2, 0.25) is 10.0 Å². The van der Waals surface area contributed by atoms with Crippen LogP contribution in [0.2, 0.25) is 0 Å². The lowest BCUT2D eigenvalue weighted by Gasteiger charge is -2.17. The number of halogens is 1. The van der Waals surface area contributed by atoms with Crippen LogP contribution in [0.3, 0.4) is 0 Å². The van der Waals surface area contributed by atoms with Crippen LogP contribution in [0.25, 0.3) is 10.8 Å². The number of ether oxygens (including phenoxy) is 2. The summed E-state index contributed by atoms with van der Waals surface area (Å²) in [6.07, 6.45) is -0.475. The van der Waals surface area contributed by atoms with Gasteiger partial charge in [0.25, 0.3) is 0 Å². The molecule has 0 fully saturated rings. The van der Waals surface area contributed by atoms with Crippen LogP contribution in [-0.2, 0) is 29.1 Å². The van der Waals surface area contributed by atoms with Crippen molar-refractivity contribution >= 4 is 48.7 Å². The minimum atomic E-state index is -4.09. The van der Waals surface area contributed by atoms with E-state index in [2.05, 4.69) is 30.1 Å². The van der Waals surface area contributed by atoms with E-state index in [0.29, 0.717) is 10.8 Å². The van der Waals surface area contributed by atoms with E-state index in [1.165, 1.54) is 6.07 Å². The molecule has 0 amide bonds. The van der Waals surface area contributed by atoms with Crippen LogP contribution in [0.15, 0.2) is 45.8 Å². The first-order chi connectivity index (χ1) is 11.8. The zero-order valence-electron chi connectivity index (χ0n) is 13.5. The summed E-state index contributed by atoms with van der Waals surface area (Å²) in [5.74, 6) is -1.62. The Morgan fingerprint density at radius 3 is 2.32 bits per heavy atom. The molecular formula is C16H16BrNO6S. The summed E-state index contributed by atoms with van der Waals surface area (Å²) in [7, 11) is -1.84. The van der Waals surface area contributed by atoms with Crippen molar-refractivity contribution in [2.45, 2.75) is 17.4 Å². The molecule has 0 saturated carbocycles. The molecule has 0 aromatic heterocycles. The number of carbonyl (C=O) groups excluding carboxylic acids is 2. The van der Waals surface area contributed by atoms with E-state index < -0.39 is 34.4 Å². The maximum atomic E-state index is 12.8. The van der Waals surface area contributed by atoms with Gasteiger partial charge in [0.15, 0.2) is 0 Å². The van der Waals surface area contributed by atoms with Crippen LogP contribution >= 0.6 is 15.9 Å². The Morgan fingerprint density at radius 1 is 1.08 bits per heavy atom. The molecule has 1 atom stereocenters. The van der Waals surface area contributed by atoms with Crippen LogP contribution in [0, 0.1) is 0 Å². The van der Waals surface area contributed by atoms with Gasteiger partial charge in [0.05, 0.1) is 25.5 Å². The summed E-state index contributed by atoms with van der Waals surface area (Å²) in [5.41, 5.74) is 0. The lowest BCUT2D eigenvalue weighted by atomic mass is 10.1. The minimum Gasteiger partial charge on any atom is -0.469 e. The van der Waals surface area contributed by atoms with Gasteiger partial charge in [-0.25, -0.2) is 8.42 Å². The molecule has 0 aliphatic rings. The molecule has 7 nitrogen and oxygen atoms in total. The lowest BCUT2D eigenvalue weighted by molar-refractivity contribution is -0.149. The van der Waals surface area contributed by atoms with Crippen molar-refractivity contribution in [3.63, 3.8) is 0 Å². The molecular weight excluding hydrogens is 414 g/mol. The third-order valence-electron chi connectivity index (χ3n) is 3.50. The summed E-state index contributed by atoms with van der Waals surface area (Å²) in [6.45, 7) is 0. The second-order valence-corrected chi connectivity index (χ2v) is 7.61. The Hall–Kier alpha value is -1.97. The molecule has 9 heteroatoms. The Bertz CT molecular complexity index is 912. The Morgan fingerprint density at radius 2 is 1.72 bits per heavy atom. The molecule has 25 heavy (non-hydrogen) atoms. The summed E-state index contributed by atoms with van der Waals surface area (Å²) in [4.78, 5) is 23.3. The number of carbonyl (C=O) groups is 2. The molecule has 1 unspecified atom stereocenters. The molecule has 134 valence electrons. The number of fused-ring (bicyclic) bond motifs is 1. The zero-order chi connectivity index (χ0) is 18.6. The first-order valence-corrected chi connectivity index (χ1v) is 9.42. The third-order valence-corrected chi connectivity index (χ3v) is 5.72. The van der Waals surface area contributed by atoms with Gasteiger partial charge in [0, 0.05) is 9.86 Å². The van der Waals surface area contributed by atoms with Crippen LogP contribution in [0.5, 0.6) is 0 Å². The number of rotatable bonds is 6. The largest absolute Gasteiger partial charge is 0.469 e. The predicted molar refractivity (Wildman–Crippen MR) is 94.4 cm³/mol. The van der Waals surface area contributed by atoms with Crippen molar-refractivity contribution in [3.8, 4) is 0 Å². The fraction of sp³-hybridized carbons (Fsp3) is 0.250. The molecule has 0 saturated heterocycles. The highest BCUT2D eigenvalue weighted by Gasteiger charge is 2.30. The summed E-state index contributed by atoms with van der Waals surface area (Å²) in [5, 5.41) is 1.18. The van der Waals surface area contributed by atoms with Gasteiger partial charge in [-0.1, -0.05) is 40.2 Å². The number of esters is 2. The van der Waals surface area contributed by atoms with Crippen molar-refractivity contribution in [2.24, 2.45) is 0 Å². The number of benzene rings is 2. The number of hydrogen-bond acceptors (Lipinski definition) is 6. The van der Waals surface area contributed by atoms with Crippen molar-refractivity contribution < 1.29 is 27.5 Å². The fourth-order valence-electron chi connectivity index (χ4n) is 2.29. The average Bonchev–Trinajstić information content (AvgIpc) is 2.60. The third kappa shape index (κ3) is 4.36. The van der Waals surface area contributed by atoms with E-state index >= 15 is 0 Å². The maximum Gasteiger partial charge on any atom is 0.324 e. The molecule has 0 bridgehead atoms. The molecule has 1 N–H and O–H groups in total.